The van der Waals surface area contributed by atoms with Crippen LogP contribution in [0.25, 0.3) is 0 Å². The van der Waals surface area contributed by atoms with Crippen molar-refractivity contribution >= 4 is 10.0 Å². The number of sulfonamides is 1. The molecule has 0 heterocycles. The van der Waals surface area contributed by atoms with Crippen LogP contribution in [0, 0.1) is 0 Å². The fraction of sp³-hybridized carbons (Fsp3) is 0.400. The molecule has 0 amide bonds. The van der Waals surface area contributed by atoms with Gasteiger partial charge < -0.3 is 5.73 Å². The second-order valence-electron chi connectivity index (χ2n) is 3.75. The fourth-order valence-electron chi connectivity index (χ4n) is 1.29. The third kappa shape index (κ3) is 4.28. The Morgan fingerprint density at radius 2 is 1.78 bits per heavy atom. The van der Waals surface area contributed by atoms with Crippen LogP contribution in [-0.2, 0) is 16.4 Å². The zero-order valence-corrected chi connectivity index (χ0v) is 10.1. The van der Waals surface area contributed by atoms with Crippen molar-refractivity contribution in [1.82, 2.24) is 4.72 Å². The van der Waals surface area contributed by atoms with Gasteiger partial charge in [0.05, 0.1) is 0 Å². The summed E-state index contributed by atoms with van der Waals surface area (Å²) < 4.78 is 58.9. The summed E-state index contributed by atoms with van der Waals surface area (Å²) >= 11 is 0. The van der Waals surface area contributed by atoms with Gasteiger partial charge in [-0.3, -0.25) is 0 Å². The van der Waals surface area contributed by atoms with Crippen LogP contribution in [0.3, 0.4) is 0 Å². The first-order valence-electron chi connectivity index (χ1n) is 5.08. The minimum atomic E-state index is -5.32. The van der Waals surface area contributed by atoms with Gasteiger partial charge in [-0.15, -0.1) is 0 Å². The average molecular weight is 282 g/mol. The summed E-state index contributed by atoms with van der Waals surface area (Å²) in [6.45, 7) is -0.462. The lowest BCUT2D eigenvalue weighted by atomic mass is 10.1. The fourth-order valence-corrected chi connectivity index (χ4v) is 1.88. The van der Waals surface area contributed by atoms with E-state index in [1.54, 1.807) is 30.3 Å². The van der Waals surface area contributed by atoms with Gasteiger partial charge in [-0.05, 0) is 12.0 Å². The first kappa shape index (κ1) is 14.9. The molecular formula is C10H13F3N2O2S. The van der Waals surface area contributed by atoms with Crippen molar-refractivity contribution < 1.29 is 21.6 Å². The van der Waals surface area contributed by atoms with Gasteiger partial charge in [0.25, 0.3) is 0 Å². The van der Waals surface area contributed by atoms with Crippen molar-refractivity contribution in [2.45, 2.75) is 18.0 Å². The standard InChI is InChI=1S/C10H13F3N2O2S/c11-10(12,13)18(16,17)15-7-9(14)6-8-4-2-1-3-5-8/h1-5,9,15H,6-7,14H2/t9-/m0/s1. The van der Waals surface area contributed by atoms with E-state index in [0.29, 0.717) is 6.42 Å². The van der Waals surface area contributed by atoms with Crippen molar-refractivity contribution in [2.24, 2.45) is 5.73 Å². The number of alkyl halides is 3. The molecule has 3 N–H and O–H groups in total. The molecule has 4 nitrogen and oxygen atoms in total. The lowest BCUT2D eigenvalue weighted by molar-refractivity contribution is -0.0447. The zero-order valence-electron chi connectivity index (χ0n) is 9.31. The summed E-state index contributed by atoms with van der Waals surface area (Å²) in [5.74, 6) is 0. The van der Waals surface area contributed by atoms with Gasteiger partial charge in [-0.25, -0.2) is 13.1 Å². The number of nitrogens with two attached hydrogens (primary N) is 1. The predicted molar refractivity (Wildman–Crippen MR) is 61.1 cm³/mol. The molecular weight excluding hydrogens is 269 g/mol. The Kier molecular flexibility index (Phi) is 4.71. The number of hydrogen-bond donors (Lipinski definition) is 2. The summed E-state index contributed by atoms with van der Waals surface area (Å²) in [6.07, 6.45) is 0.293. The maximum Gasteiger partial charge on any atom is 0.511 e. The molecule has 18 heavy (non-hydrogen) atoms. The zero-order chi connectivity index (χ0) is 13.8. The normalized spacial score (nSPS) is 14.4. The van der Waals surface area contributed by atoms with Gasteiger partial charge in [0.1, 0.15) is 0 Å². The van der Waals surface area contributed by atoms with Crippen LogP contribution in [0.5, 0.6) is 0 Å². The molecule has 0 unspecified atom stereocenters. The van der Waals surface area contributed by atoms with Gasteiger partial charge in [0.15, 0.2) is 0 Å². The Morgan fingerprint density at radius 3 is 2.28 bits per heavy atom. The maximum absolute atomic E-state index is 12.0. The number of rotatable bonds is 5. The topological polar surface area (TPSA) is 72.2 Å². The predicted octanol–water partition coefficient (Wildman–Crippen LogP) is 0.996. The molecule has 0 radical (unpaired) electrons. The van der Waals surface area contributed by atoms with E-state index >= 15 is 0 Å². The molecule has 0 saturated carbocycles. The average Bonchev–Trinajstić information content (AvgIpc) is 2.26. The van der Waals surface area contributed by atoms with Crippen molar-refractivity contribution in [1.29, 1.82) is 0 Å². The van der Waals surface area contributed by atoms with E-state index in [4.69, 9.17) is 5.73 Å². The minimum Gasteiger partial charge on any atom is -0.326 e. The van der Waals surface area contributed by atoms with Crippen LogP contribution in [-0.4, -0.2) is 26.5 Å². The summed E-state index contributed by atoms with van der Waals surface area (Å²) in [4.78, 5) is 0. The van der Waals surface area contributed by atoms with Crippen LogP contribution in [0.2, 0.25) is 0 Å². The van der Waals surface area contributed by atoms with Crippen LogP contribution in [0.15, 0.2) is 30.3 Å². The maximum atomic E-state index is 12.0. The third-order valence-electron chi connectivity index (χ3n) is 2.18. The Bertz CT molecular complexity index is 474. The lowest BCUT2D eigenvalue weighted by Gasteiger charge is -2.14. The summed E-state index contributed by atoms with van der Waals surface area (Å²) in [5, 5.41) is 0. The molecule has 0 bridgehead atoms. The molecule has 0 aliphatic rings. The van der Waals surface area contributed by atoms with Gasteiger partial charge >= 0.3 is 15.5 Å². The molecule has 0 spiro atoms. The summed E-state index contributed by atoms with van der Waals surface area (Å²) in [6, 6.07) is 8.13. The van der Waals surface area contributed by atoms with E-state index < -0.39 is 28.1 Å². The Labute approximate surface area is 103 Å². The van der Waals surface area contributed by atoms with Crippen molar-refractivity contribution in [3.8, 4) is 0 Å². The number of hydrogen-bond acceptors (Lipinski definition) is 3. The molecule has 0 saturated heterocycles. The molecule has 8 heteroatoms. The smallest absolute Gasteiger partial charge is 0.326 e. The number of benzene rings is 1. The second kappa shape index (κ2) is 5.68. The molecule has 0 aliphatic heterocycles. The second-order valence-corrected chi connectivity index (χ2v) is 5.51. The molecule has 0 fully saturated rings. The minimum absolute atomic E-state index is 0.293. The SMILES string of the molecule is N[C@H](CNS(=O)(=O)C(F)(F)F)Cc1ccccc1. The van der Waals surface area contributed by atoms with Crippen molar-refractivity contribution in [3.63, 3.8) is 0 Å². The molecule has 1 aromatic rings. The molecule has 0 aliphatic carbocycles. The van der Waals surface area contributed by atoms with Gasteiger partial charge in [-0.1, -0.05) is 30.3 Å². The van der Waals surface area contributed by atoms with E-state index in [9.17, 15) is 21.6 Å². The molecule has 0 aromatic heterocycles. The summed E-state index contributed by atoms with van der Waals surface area (Å²) in [5.41, 5.74) is 1.09. The van der Waals surface area contributed by atoms with Crippen LogP contribution in [0.4, 0.5) is 13.2 Å². The van der Waals surface area contributed by atoms with Crippen LogP contribution >= 0.6 is 0 Å². The van der Waals surface area contributed by atoms with Crippen molar-refractivity contribution in [2.75, 3.05) is 6.54 Å². The van der Waals surface area contributed by atoms with Gasteiger partial charge in [0, 0.05) is 12.6 Å². The summed E-state index contributed by atoms with van der Waals surface area (Å²) in [7, 11) is -5.32. The van der Waals surface area contributed by atoms with Gasteiger partial charge in [0.2, 0.25) is 0 Å². The number of halogens is 3. The number of nitrogens with one attached hydrogen (secondary N) is 1. The van der Waals surface area contributed by atoms with Crippen LogP contribution in [0.1, 0.15) is 5.56 Å². The molecule has 1 atom stereocenters. The highest BCUT2D eigenvalue weighted by Crippen LogP contribution is 2.21. The van der Waals surface area contributed by atoms with E-state index in [2.05, 4.69) is 0 Å². The van der Waals surface area contributed by atoms with Gasteiger partial charge in [-0.2, -0.15) is 13.2 Å². The Hall–Kier alpha value is -1.12. The highest BCUT2D eigenvalue weighted by molar-refractivity contribution is 7.90. The highest BCUT2D eigenvalue weighted by atomic mass is 32.2. The van der Waals surface area contributed by atoms with E-state index in [0.717, 1.165) is 5.56 Å². The highest BCUT2D eigenvalue weighted by Gasteiger charge is 2.45. The Morgan fingerprint density at radius 1 is 1.22 bits per heavy atom. The largest absolute Gasteiger partial charge is 0.511 e. The molecule has 1 aromatic carbocycles. The molecule has 1 rings (SSSR count). The van der Waals surface area contributed by atoms with E-state index in [1.165, 1.54) is 4.72 Å². The molecule has 102 valence electrons. The third-order valence-corrected chi connectivity index (χ3v) is 3.34. The van der Waals surface area contributed by atoms with E-state index in [1.807, 2.05) is 0 Å². The van der Waals surface area contributed by atoms with Crippen molar-refractivity contribution in [3.05, 3.63) is 35.9 Å². The first-order valence-corrected chi connectivity index (χ1v) is 6.56. The Balaban J connectivity index is 2.50. The monoisotopic (exact) mass is 282 g/mol. The van der Waals surface area contributed by atoms with E-state index in [-0.39, 0.29) is 0 Å². The first-order chi connectivity index (χ1) is 8.22. The lowest BCUT2D eigenvalue weighted by Crippen LogP contribution is -2.43. The quantitative estimate of drug-likeness (QED) is 0.846. The van der Waals surface area contributed by atoms with Crippen LogP contribution < -0.4 is 10.5 Å².